The Morgan fingerprint density at radius 1 is 1.12 bits per heavy atom. The summed E-state index contributed by atoms with van der Waals surface area (Å²) < 4.78 is 7.99. The van der Waals surface area contributed by atoms with Crippen LogP contribution in [0.1, 0.15) is 18.1 Å². The molecule has 5 N–H and O–H groups in total. The van der Waals surface area contributed by atoms with E-state index in [1.165, 1.54) is 0 Å². The molecule has 34 heavy (non-hydrogen) atoms. The van der Waals surface area contributed by atoms with Gasteiger partial charge in [0.2, 0.25) is 0 Å². The molecule has 0 bridgehead atoms. The number of H-pyrrole nitrogens is 1. The highest BCUT2D eigenvalue weighted by molar-refractivity contribution is 6.02. The van der Waals surface area contributed by atoms with Crippen molar-refractivity contribution in [2.45, 2.75) is 20.8 Å². The minimum atomic E-state index is -0.407. The molecular weight excluding hydrogens is 430 g/mol. The van der Waals surface area contributed by atoms with Crippen LogP contribution in [0.2, 0.25) is 0 Å². The summed E-state index contributed by atoms with van der Waals surface area (Å²) in [6.07, 6.45) is 0. The Bertz CT molecular complexity index is 1540. The monoisotopic (exact) mass is 457 g/mol. The fourth-order valence-electron chi connectivity index (χ4n) is 4.19. The molecule has 2 aromatic carbocycles. The lowest BCUT2D eigenvalue weighted by atomic mass is 10.1. The van der Waals surface area contributed by atoms with Gasteiger partial charge in [-0.1, -0.05) is 18.6 Å². The van der Waals surface area contributed by atoms with Gasteiger partial charge in [-0.15, -0.1) is 0 Å². The maximum atomic E-state index is 12.6. The molecule has 0 aliphatic rings. The third kappa shape index (κ3) is 3.69. The summed E-state index contributed by atoms with van der Waals surface area (Å²) in [4.78, 5) is 12.6. The summed E-state index contributed by atoms with van der Waals surface area (Å²) in [7, 11) is 0. The quantitative estimate of drug-likeness (QED) is 0.274. The van der Waals surface area contributed by atoms with Crippen LogP contribution < -0.4 is 21.9 Å². The third-order valence-electron chi connectivity index (χ3n) is 5.93. The van der Waals surface area contributed by atoms with Crippen molar-refractivity contribution in [2.24, 2.45) is 0 Å². The van der Waals surface area contributed by atoms with Gasteiger partial charge >= 0.3 is 0 Å². The van der Waals surface area contributed by atoms with Crippen LogP contribution in [0, 0.1) is 13.8 Å². The number of hydrogen-bond donors (Lipinski definition) is 4. The minimum Gasteiger partial charge on any atom is -0.454 e. The van der Waals surface area contributed by atoms with Crippen LogP contribution in [0.5, 0.6) is 0 Å². The smallest absolute Gasteiger partial charge is 0.292 e. The van der Waals surface area contributed by atoms with E-state index in [0.717, 1.165) is 53.1 Å². The predicted octanol–water partition coefficient (Wildman–Crippen LogP) is 3.74. The molecule has 5 rings (SSSR count). The summed E-state index contributed by atoms with van der Waals surface area (Å²) in [5, 5.41) is 19.2. The number of nitrogens with zero attached hydrogens (tertiary/aromatic N) is 3. The molecule has 174 valence electrons. The van der Waals surface area contributed by atoms with Crippen LogP contribution in [0.4, 0.5) is 11.5 Å². The normalized spacial score (nSPS) is 11.5. The SMILES string of the molecule is CCNCCNc1ccc(-n2nc3c(=O)[nH]nc(N)c3c2-c2oc3ccc(C)cc3c2C)cc1. The highest BCUT2D eigenvalue weighted by Crippen LogP contribution is 2.39. The van der Waals surface area contributed by atoms with Gasteiger partial charge in [0.15, 0.2) is 17.1 Å². The Kier molecular flexibility index (Phi) is 5.54. The highest BCUT2D eigenvalue weighted by Gasteiger charge is 2.25. The van der Waals surface area contributed by atoms with E-state index in [0.29, 0.717) is 16.8 Å². The van der Waals surface area contributed by atoms with Crippen molar-refractivity contribution in [3.8, 4) is 17.1 Å². The van der Waals surface area contributed by atoms with Crippen molar-refractivity contribution in [1.82, 2.24) is 25.3 Å². The van der Waals surface area contributed by atoms with Crippen LogP contribution in [0.15, 0.2) is 51.7 Å². The highest BCUT2D eigenvalue weighted by atomic mass is 16.3. The van der Waals surface area contributed by atoms with E-state index in [4.69, 9.17) is 10.2 Å². The van der Waals surface area contributed by atoms with Crippen molar-refractivity contribution in [2.75, 3.05) is 30.7 Å². The summed E-state index contributed by atoms with van der Waals surface area (Å²) in [5.74, 6) is 0.795. The van der Waals surface area contributed by atoms with E-state index < -0.39 is 5.56 Å². The summed E-state index contributed by atoms with van der Waals surface area (Å²) >= 11 is 0. The van der Waals surface area contributed by atoms with E-state index in [2.05, 4.69) is 38.9 Å². The van der Waals surface area contributed by atoms with E-state index in [1.54, 1.807) is 4.68 Å². The first-order chi connectivity index (χ1) is 16.5. The van der Waals surface area contributed by atoms with Gasteiger partial charge in [0.05, 0.1) is 11.1 Å². The number of aromatic amines is 1. The van der Waals surface area contributed by atoms with Crippen LogP contribution in [-0.2, 0) is 0 Å². The maximum absolute atomic E-state index is 12.6. The van der Waals surface area contributed by atoms with Gasteiger partial charge < -0.3 is 20.8 Å². The first-order valence-corrected chi connectivity index (χ1v) is 11.3. The number of nitrogens with two attached hydrogens (primary N) is 1. The van der Waals surface area contributed by atoms with E-state index in [-0.39, 0.29) is 11.3 Å². The largest absolute Gasteiger partial charge is 0.454 e. The Hall–Kier alpha value is -4.11. The number of nitrogen functional groups attached to an aromatic ring is 1. The molecule has 0 radical (unpaired) electrons. The Morgan fingerprint density at radius 3 is 2.68 bits per heavy atom. The van der Waals surface area contributed by atoms with E-state index in [9.17, 15) is 4.79 Å². The molecule has 3 aromatic heterocycles. The number of rotatable bonds is 7. The van der Waals surface area contributed by atoms with Crippen molar-refractivity contribution in [3.05, 3.63) is 63.9 Å². The number of furan rings is 1. The fourth-order valence-corrected chi connectivity index (χ4v) is 4.19. The molecule has 0 aliphatic carbocycles. The molecule has 9 nitrogen and oxygen atoms in total. The number of nitrogens with one attached hydrogen (secondary N) is 3. The number of aromatic nitrogens is 4. The van der Waals surface area contributed by atoms with Crippen molar-refractivity contribution in [3.63, 3.8) is 0 Å². The second kappa shape index (κ2) is 8.68. The van der Waals surface area contributed by atoms with E-state index in [1.807, 2.05) is 50.2 Å². The zero-order valence-corrected chi connectivity index (χ0v) is 19.4. The zero-order valence-electron chi connectivity index (χ0n) is 19.4. The molecule has 0 atom stereocenters. The molecule has 0 unspecified atom stereocenters. The van der Waals surface area contributed by atoms with Crippen molar-refractivity contribution < 1.29 is 4.42 Å². The molecule has 0 saturated heterocycles. The number of likely N-dealkylation sites (N-methyl/N-ethyl adjacent to an activating group) is 1. The first kappa shape index (κ1) is 21.7. The van der Waals surface area contributed by atoms with Gasteiger partial charge in [0, 0.05) is 29.7 Å². The minimum absolute atomic E-state index is 0.189. The van der Waals surface area contributed by atoms with Crippen LogP contribution >= 0.6 is 0 Å². The molecule has 5 aromatic rings. The van der Waals surface area contributed by atoms with Crippen LogP contribution in [-0.4, -0.2) is 39.6 Å². The molecule has 0 spiro atoms. The predicted molar refractivity (Wildman–Crippen MR) is 136 cm³/mol. The number of fused-ring (bicyclic) bond motifs is 2. The maximum Gasteiger partial charge on any atom is 0.292 e. The molecule has 0 saturated carbocycles. The first-order valence-electron chi connectivity index (χ1n) is 11.3. The van der Waals surface area contributed by atoms with Crippen LogP contribution in [0.25, 0.3) is 39.0 Å². The van der Waals surface area contributed by atoms with Crippen molar-refractivity contribution >= 4 is 33.4 Å². The van der Waals surface area contributed by atoms with Gasteiger partial charge in [-0.25, -0.2) is 9.78 Å². The standard InChI is InChI=1S/C25H27N7O2/c1-4-27-11-12-28-16-6-8-17(9-7-16)32-22(20-21(31-32)25(33)30-29-24(20)26)23-15(3)18-13-14(2)5-10-19(18)34-23/h5-10,13,27-28H,4,11-12H2,1-3H3,(H2,26,29)(H,30,33). The van der Waals surface area contributed by atoms with Crippen LogP contribution in [0.3, 0.4) is 0 Å². The Labute approximate surface area is 196 Å². The second-order valence-corrected chi connectivity index (χ2v) is 8.30. The molecule has 3 heterocycles. The summed E-state index contributed by atoms with van der Waals surface area (Å²) in [6, 6.07) is 13.9. The Balaban J connectivity index is 1.68. The number of aryl methyl sites for hydroxylation is 2. The van der Waals surface area contributed by atoms with Gasteiger partial charge in [-0.05, 0) is 56.8 Å². The topological polar surface area (TPSA) is 127 Å². The summed E-state index contributed by atoms with van der Waals surface area (Å²) in [5.41, 5.74) is 11.3. The summed E-state index contributed by atoms with van der Waals surface area (Å²) in [6.45, 7) is 8.76. The lowest BCUT2D eigenvalue weighted by Gasteiger charge is -2.10. The number of hydrogen-bond acceptors (Lipinski definition) is 7. The molecule has 9 heteroatoms. The van der Waals surface area contributed by atoms with E-state index >= 15 is 0 Å². The molecular formula is C25H27N7O2. The second-order valence-electron chi connectivity index (χ2n) is 8.30. The van der Waals surface area contributed by atoms with Crippen molar-refractivity contribution in [1.29, 1.82) is 0 Å². The fraction of sp³-hybridized carbons (Fsp3) is 0.240. The van der Waals surface area contributed by atoms with Gasteiger partial charge in [-0.2, -0.15) is 10.2 Å². The number of anilines is 2. The lowest BCUT2D eigenvalue weighted by Crippen LogP contribution is -2.21. The zero-order chi connectivity index (χ0) is 23.8. The molecule has 0 aliphatic heterocycles. The van der Waals surface area contributed by atoms with Gasteiger partial charge in [0.1, 0.15) is 11.3 Å². The average molecular weight is 458 g/mol. The lowest BCUT2D eigenvalue weighted by molar-refractivity contribution is 0.622. The molecule has 0 amide bonds. The average Bonchev–Trinajstić information content (AvgIpc) is 3.39. The third-order valence-corrected chi connectivity index (χ3v) is 5.93. The van der Waals surface area contributed by atoms with Gasteiger partial charge in [-0.3, -0.25) is 4.79 Å². The number of benzene rings is 2. The van der Waals surface area contributed by atoms with Gasteiger partial charge in [0.25, 0.3) is 5.56 Å². The Morgan fingerprint density at radius 2 is 1.91 bits per heavy atom. The molecule has 0 fully saturated rings.